The van der Waals surface area contributed by atoms with Crippen LogP contribution in [0.3, 0.4) is 0 Å². The van der Waals surface area contributed by atoms with E-state index in [1.165, 1.54) is 0 Å². The number of hydrogen-bond acceptors (Lipinski definition) is 4. The largest absolute Gasteiger partial charge is 0.495 e. The van der Waals surface area contributed by atoms with E-state index in [0.29, 0.717) is 5.75 Å². The summed E-state index contributed by atoms with van der Waals surface area (Å²) in [7, 11) is 1.58. The molecule has 0 spiro atoms. The number of carbonyl (C=O) groups is 1. The van der Waals surface area contributed by atoms with Crippen LogP contribution in [0.4, 0.5) is 5.69 Å². The minimum atomic E-state index is -0.411. The van der Waals surface area contributed by atoms with Gasteiger partial charge < -0.3 is 10.1 Å². The minimum absolute atomic E-state index is 0.277. The smallest absolute Gasteiger partial charge is 0.256 e. The van der Waals surface area contributed by atoms with E-state index >= 15 is 0 Å². The SMILES string of the molecule is COc1ccccc1N[C@H](C)C(=O)NN. The molecule has 1 amide bonds. The van der Waals surface area contributed by atoms with Crippen molar-refractivity contribution in [3.8, 4) is 5.75 Å². The molecule has 0 aromatic heterocycles. The van der Waals surface area contributed by atoms with Crippen LogP contribution in [0, 0.1) is 0 Å². The molecule has 5 nitrogen and oxygen atoms in total. The summed E-state index contributed by atoms with van der Waals surface area (Å²) in [6.07, 6.45) is 0. The third-order valence-electron chi connectivity index (χ3n) is 2.01. The normalized spacial score (nSPS) is 11.7. The summed E-state index contributed by atoms with van der Waals surface area (Å²) in [5.41, 5.74) is 2.84. The Bertz CT molecular complexity index is 341. The number of anilines is 1. The zero-order valence-electron chi connectivity index (χ0n) is 8.78. The van der Waals surface area contributed by atoms with Gasteiger partial charge in [-0.05, 0) is 19.1 Å². The van der Waals surface area contributed by atoms with E-state index in [9.17, 15) is 4.79 Å². The van der Waals surface area contributed by atoms with Gasteiger partial charge in [-0.25, -0.2) is 5.84 Å². The summed E-state index contributed by atoms with van der Waals surface area (Å²) in [4.78, 5) is 11.2. The van der Waals surface area contributed by atoms with Crippen LogP contribution < -0.4 is 21.3 Å². The first kappa shape index (κ1) is 11.3. The number of hydrazine groups is 1. The van der Waals surface area contributed by atoms with Crippen molar-refractivity contribution in [2.75, 3.05) is 12.4 Å². The lowest BCUT2D eigenvalue weighted by molar-refractivity contribution is -0.121. The molecule has 5 heteroatoms. The molecular formula is C10H15N3O2. The van der Waals surface area contributed by atoms with Crippen LogP contribution in [0.2, 0.25) is 0 Å². The predicted octanol–water partition coefficient (Wildman–Crippen LogP) is 0.485. The number of amides is 1. The molecule has 82 valence electrons. The van der Waals surface area contributed by atoms with Gasteiger partial charge in [0.2, 0.25) is 0 Å². The molecule has 4 N–H and O–H groups in total. The molecule has 0 heterocycles. The number of hydrogen-bond donors (Lipinski definition) is 3. The van der Waals surface area contributed by atoms with Gasteiger partial charge in [-0.2, -0.15) is 0 Å². The Morgan fingerprint density at radius 3 is 2.73 bits per heavy atom. The van der Waals surface area contributed by atoms with Crippen LogP contribution in [-0.4, -0.2) is 19.1 Å². The summed E-state index contributed by atoms with van der Waals surface area (Å²) in [6.45, 7) is 1.72. The van der Waals surface area contributed by atoms with Crippen LogP contribution in [-0.2, 0) is 4.79 Å². The number of methoxy groups -OCH3 is 1. The van der Waals surface area contributed by atoms with E-state index in [2.05, 4.69) is 10.7 Å². The maximum atomic E-state index is 11.2. The molecule has 0 bridgehead atoms. The van der Waals surface area contributed by atoms with Gasteiger partial charge in [-0.1, -0.05) is 12.1 Å². The molecule has 1 aromatic rings. The Labute approximate surface area is 88.6 Å². The lowest BCUT2D eigenvalue weighted by atomic mass is 10.2. The molecule has 1 rings (SSSR count). The van der Waals surface area contributed by atoms with Crippen LogP contribution in [0.1, 0.15) is 6.92 Å². The minimum Gasteiger partial charge on any atom is -0.495 e. The number of ether oxygens (including phenoxy) is 1. The van der Waals surface area contributed by atoms with Crippen LogP contribution in [0.25, 0.3) is 0 Å². The first-order valence-corrected chi connectivity index (χ1v) is 4.59. The first-order valence-electron chi connectivity index (χ1n) is 4.59. The van der Waals surface area contributed by atoms with Crippen molar-refractivity contribution in [2.45, 2.75) is 13.0 Å². The molecule has 0 fully saturated rings. The number of nitrogens with two attached hydrogens (primary N) is 1. The van der Waals surface area contributed by atoms with Crippen LogP contribution in [0.5, 0.6) is 5.75 Å². The monoisotopic (exact) mass is 209 g/mol. The van der Waals surface area contributed by atoms with Gasteiger partial charge in [0.15, 0.2) is 0 Å². The average Bonchev–Trinajstić information content (AvgIpc) is 2.28. The molecule has 0 unspecified atom stereocenters. The number of benzene rings is 1. The lowest BCUT2D eigenvalue weighted by Gasteiger charge is -2.15. The van der Waals surface area contributed by atoms with Gasteiger partial charge in [-0.15, -0.1) is 0 Å². The van der Waals surface area contributed by atoms with E-state index in [1.807, 2.05) is 24.3 Å². The summed E-state index contributed by atoms with van der Waals surface area (Å²) < 4.78 is 5.13. The molecular weight excluding hydrogens is 194 g/mol. The van der Waals surface area contributed by atoms with Gasteiger partial charge in [-0.3, -0.25) is 10.2 Å². The van der Waals surface area contributed by atoms with Gasteiger partial charge in [0.1, 0.15) is 11.8 Å². The zero-order chi connectivity index (χ0) is 11.3. The van der Waals surface area contributed by atoms with Crippen molar-refractivity contribution in [3.05, 3.63) is 24.3 Å². The maximum absolute atomic E-state index is 11.2. The Hall–Kier alpha value is -1.75. The van der Waals surface area contributed by atoms with Gasteiger partial charge in [0.25, 0.3) is 5.91 Å². The van der Waals surface area contributed by atoms with Crippen molar-refractivity contribution in [2.24, 2.45) is 5.84 Å². The Morgan fingerprint density at radius 1 is 1.47 bits per heavy atom. The van der Waals surface area contributed by atoms with Crippen LogP contribution >= 0.6 is 0 Å². The standard InChI is InChI=1S/C10H15N3O2/c1-7(10(14)13-11)12-8-5-3-4-6-9(8)15-2/h3-7,12H,11H2,1-2H3,(H,13,14)/t7-/m1/s1. The molecule has 1 aromatic carbocycles. The van der Waals surface area contributed by atoms with Crippen LogP contribution in [0.15, 0.2) is 24.3 Å². The van der Waals surface area contributed by atoms with Crippen molar-refractivity contribution < 1.29 is 9.53 Å². The Morgan fingerprint density at radius 2 is 2.13 bits per heavy atom. The third-order valence-corrected chi connectivity index (χ3v) is 2.01. The molecule has 0 radical (unpaired) electrons. The summed E-state index contributed by atoms with van der Waals surface area (Å²) in [5.74, 6) is 5.44. The predicted molar refractivity (Wildman–Crippen MR) is 58.4 cm³/mol. The van der Waals surface area contributed by atoms with Gasteiger partial charge in [0.05, 0.1) is 12.8 Å². The second kappa shape index (κ2) is 5.21. The Balaban J connectivity index is 2.75. The summed E-state index contributed by atoms with van der Waals surface area (Å²) >= 11 is 0. The number of para-hydroxylation sites is 2. The third kappa shape index (κ3) is 2.85. The number of carbonyl (C=O) groups excluding carboxylic acids is 1. The number of rotatable bonds is 4. The summed E-state index contributed by atoms with van der Waals surface area (Å²) in [6, 6.07) is 6.95. The van der Waals surface area contributed by atoms with Crippen molar-refractivity contribution in [3.63, 3.8) is 0 Å². The quantitative estimate of drug-likeness (QED) is 0.383. The molecule has 1 atom stereocenters. The van der Waals surface area contributed by atoms with Crippen molar-refractivity contribution in [1.29, 1.82) is 0 Å². The molecule has 15 heavy (non-hydrogen) atoms. The highest BCUT2D eigenvalue weighted by Gasteiger charge is 2.12. The van der Waals surface area contributed by atoms with E-state index in [-0.39, 0.29) is 5.91 Å². The number of nitrogens with one attached hydrogen (secondary N) is 2. The average molecular weight is 209 g/mol. The topological polar surface area (TPSA) is 76.4 Å². The highest BCUT2D eigenvalue weighted by Crippen LogP contribution is 2.23. The van der Waals surface area contributed by atoms with Gasteiger partial charge in [0, 0.05) is 0 Å². The lowest BCUT2D eigenvalue weighted by Crippen LogP contribution is -2.41. The van der Waals surface area contributed by atoms with Crippen molar-refractivity contribution in [1.82, 2.24) is 5.43 Å². The highest BCUT2D eigenvalue weighted by molar-refractivity contribution is 5.84. The van der Waals surface area contributed by atoms with Gasteiger partial charge >= 0.3 is 0 Å². The fraction of sp³-hybridized carbons (Fsp3) is 0.300. The fourth-order valence-electron chi connectivity index (χ4n) is 1.19. The molecule has 0 saturated heterocycles. The molecule has 0 aliphatic heterocycles. The highest BCUT2D eigenvalue weighted by atomic mass is 16.5. The summed E-state index contributed by atoms with van der Waals surface area (Å²) in [5, 5.41) is 3.00. The molecule has 0 saturated carbocycles. The van der Waals surface area contributed by atoms with Crippen molar-refractivity contribution >= 4 is 11.6 Å². The Kier molecular flexibility index (Phi) is 3.93. The van der Waals surface area contributed by atoms with E-state index in [0.717, 1.165) is 5.69 Å². The zero-order valence-corrected chi connectivity index (χ0v) is 8.78. The molecule has 0 aliphatic rings. The molecule has 0 aliphatic carbocycles. The first-order chi connectivity index (χ1) is 7.19. The fourth-order valence-corrected chi connectivity index (χ4v) is 1.19. The van der Waals surface area contributed by atoms with E-state index in [4.69, 9.17) is 10.6 Å². The second-order valence-electron chi connectivity index (χ2n) is 3.07. The second-order valence-corrected chi connectivity index (χ2v) is 3.07. The van der Waals surface area contributed by atoms with E-state index < -0.39 is 6.04 Å². The van der Waals surface area contributed by atoms with E-state index in [1.54, 1.807) is 14.0 Å². The maximum Gasteiger partial charge on any atom is 0.256 e.